The number of carbonyl (C=O) groups excluding carboxylic acids is 1. The van der Waals surface area contributed by atoms with E-state index in [4.69, 9.17) is 18.9 Å². The zero-order valence-electron chi connectivity index (χ0n) is 20.5. The van der Waals surface area contributed by atoms with Crippen LogP contribution in [-0.4, -0.2) is 61.6 Å². The maximum Gasteiger partial charge on any atom is 0.265 e. The van der Waals surface area contributed by atoms with Crippen LogP contribution in [0.4, 0.5) is 0 Å². The molecule has 0 atom stereocenters. The highest BCUT2D eigenvalue weighted by molar-refractivity contribution is 7.22. The van der Waals surface area contributed by atoms with E-state index in [0.29, 0.717) is 60.4 Å². The summed E-state index contributed by atoms with van der Waals surface area (Å²) in [6, 6.07) is 13.3. The molecule has 1 amide bonds. The minimum Gasteiger partial charge on any atom is -0.490 e. The van der Waals surface area contributed by atoms with Gasteiger partial charge in [0.15, 0.2) is 17.2 Å². The van der Waals surface area contributed by atoms with E-state index in [0.717, 1.165) is 34.3 Å². The van der Waals surface area contributed by atoms with Gasteiger partial charge in [-0.1, -0.05) is 24.3 Å². The minimum atomic E-state index is -0.286. The molecule has 10 heteroatoms. The van der Waals surface area contributed by atoms with Crippen molar-refractivity contribution in [3.05, 3.63) is 63.3 Å². The molecule has 0 spiro atoms. The Labute approximate surface area is 217 Å². The molecule has 0 aliphatic carbocycles. The van der Waals surface area contributed by atoms with Crippen LogP contribution >= 0.6 is 11.3 Å². The van der Waals surface area contributed by atoms with Gasteiger partial charge in [0, 0.05) is 38.6 Å². The van der Waals surface area contributed by atoms with Crippen LogP contribution in [0.2, 0.25) is 0 Å². The van der Waals surface area contributed by atoms with Gasteiger partial charge in [-0.3, -0.25) is 14.5 Å². The Bertz CT molecular complexity index is 1540. The summed E-state index contributed by atoms with van der Waals surface area (Å²) >= 11 is 1.30. The van der Waals surface area contributed by atoms with Crippen molar-refractivity contribution in [2.24, 2.45) is 7.05 Å². The normalized spacial score (nSPS) is 15.4. The van der Waals surface area contributed by atoms with Gasteiger partial charge in [0.2, 0.25) is 6.79 Å². The topological polar surface area (TPSA) is 91.3 Å². The molecule has 9 nitrogen and oxygen atoms in total. The van der Waals surface area contributed by atoms with Crippen molar-refractivity contribution in [2.45, 2.75) is 6.54 Å². The molecule has 2 aromatic carbocycles. The summed E-state index contributed by atoms with van der Waals surface area (Å²) in [4.78, 5) is 29.6. The van der Waals surface area contributed by atoms with Gasteiger partial charge < -0.3 is 28.8 Å². The zero-order chi connectivity index (χ0) is 25.4. The third-order valence-electron chi connectivity index (χ3n) is 6.75. The monoisotopic (exact) mass is 521 g/mol. The number of hydrogen-bond donors (Lipinski definition) is 1. The summed E-state index contributed by atoms with van der Waals surface area (Å²) in [6.45, 7) is 4.61. The maximum absolute atomic E-state index is 13.5. The number of ether oxygens (including phenoxy) is 4. The number of amides is 1. The predicted molar refractivity (Wildman–Crippen MR) is 141 cm³/mol. The van der Waals surface area contributed by atoms with Crippen molar-refractivity contribution in [3.63, 3.8) is 0 Å². The van der Waals surface area contributed by atoms with E-state index in [9.17, 15) is 9.59 Å². The van der Waals surface area contributed by atoms with Gasteiger partial charge in [-0.25, -0.2) is 0 Å². The van der Waals surface area contributed by atoms with Crippen molar-refractivity contribution in [2.75, 3.05) is 46.2 Å². The largest absolute Gasteiger partial charge is 0.490 e. The Hall–Kier alpha value is -3.60. The number of morpholine rings is 1. The standard InChI is InChI=1S/C27H27N3O6S/c1-29-19-5-3-2-4-18(19)24-22(27(29)32)23(34-13-10-30-8-11-33-12-9-30)25(37-24)26(31)28-15-17-6-7-20-21(14-17)36-16-35-20/h2-7,14H,8-13,15-16H2,1H3,(H,28,31). The van der Waals surface area contributed by atoms with Gasteiger partial charge in [0.25, 0.3) is 11.5 Å². The third-order valence-corrected chi connectivity index (χ3v) is 7.95. The number of thiophene rings is 1. The van der Waals surface area contributed by atoms with Gasteiger partial charge in [-0.05, 0) is 23.8 Å². The van der Waals surface area contributed by atoms with Crippen LogP contribution in [0.15, 0.2) is 47.3 Å². The summed E-state index contributed by atoms with van der Waals surface area (Å²) in [5, 5.41) is 4.35. The van der Waals surface area contributed by atoms with Crippen molar-refractivity contribution in [1.82, 2.24) is 14.8 Å². The number of benzene rings is 2. The molecule has 1 N–H and O–H groups in total. The van der Waals surface area contributed by atoms with Crippen molar-refractivity contribution >= 4 is 38.2 Å². The van der Waals surface area contributed by atoms with Crippen molar-refractivity contribution < 1.29 is 23.7 Å². The Balaban J connectivity index is 1.33. The second-order valence-corrected chi connectivity index (χ2v) is 10.0. The number of aryl methyl sites for hydroxylation is 1. The fourth-order valence-corrected chi connectivity index (χ4v) is 5.92. The number of nitrogens with zero attached hydrogens (tertiary/aromatic N) is 2. The number of para-hydroxylation sites is 1. The van der Waals surface area contributed by atoms with Crippen LogP contribution in [0.3, 0.4) is 0 Å². The summed E-state index contributed by atoms with van der Waals surface area (Å²) in [5.74, 6) is 1.42. The number of rotatable bonds is 7. The maximum atomic E-state index is 13.5. The summed E-state index contributed by atoms with van der Waals surface area (Å²) in [5.41, 5.74) is 1.52. The lowest BCUT2D eigenvalue weighted by Crippen LogP contribution is -2.38. The van der Waals surface area contributed by atoms with Gasteiger partial charge in [-0.2, -0.15) is 0 Å². The van der Waals surface area contributed by atoms with Crippen LogP contribution in [0, 0.1) is 0 Å². The Morgan fingerprint density at radius 1 is 1.11 bits per heavy atom. The molecule has 0 unspecified atom stereocenters. The van der Waals surface area contributed by atoms with E-state index in [2.05, 4.69) is 10.2 Å². The quantitative estimate of drug-likeness (QED) is 0.400. The number of fused-ring (bicyclic) bond motifs is 4. The highest BCUT2D eigenvalue weighted by Crippen LogP contribution is 2.40. The van der Waals surface area contributed by atoms with Crippen LogP contribution in [0.1, 0.15) is 15.2 Å². The first kappa shape index (κ1) is 23.8. The molecule has 4 heterocycles. The van der Waals surface area contributed by atoms with Crippen LogP contribution in [0.5, 0.6) is 17.2 Å². The van der Waals surface area contributed by atoms with Crippen LogP contribution < -0.4 is 25.1 Å². The lowest BCUT2D eigenvalue weighted by Gasteiger charge is -2.26. The van der Waals surface area contributed by atoms with E-state index in [1.807, 2.05) is 42.5 Å². The predicted octanol–water partition coefficient (Wildman–Crippen LogP) is 3.12. The van der Waals surface area contributed by atoms with Gasteiger partial charge in [-0.15, -0.1) is 11.3 Å². The fourth-order valence-electron chi connectivity index (χ4n) is 4.74. The minimum absolute atomic E-state index is 0.179. The van der Waals surface area contributed by atoms with Crippen LogP contribution in [0.25, 0.3) is 21.0 Å². The SMILES string of the molecule is Cn1c(=O)c2c(OCCN3CCOCC3)c(C(=O)NCc3ccc4c(c3)OCO4)sc2c2ccccc21. The molecule has 2 aromatic heterocycles. The lowest BCUT2D eigenvalue weighted by atomic mass is 10.1. The first-order valence-electron chi connectivity index (χ1n) is 12.2. The Morgan fingerprint density at radius 2 is 1.92 bits per heavy atom. The smallest absolute Gasteiger partial charge is 0.265 e. The molecule has 6 rings (SSSR count). The Kier molecular flexibility index (Phi) is 6.45. The van der Waals surface area contributed by atoms with Crippen molar-refractivity contribution in [3.8, 4) is 17.2 Å². The second kappa shape index (κ2) is 10.0. The molecule has 2 aliphatic rings. The molecule has 4 aromatic rings. The molecule has 0 saturated carbocycles. The number of pyridine rings is 1. The first-order valence-corrected chi connectivity index (χ1v) is 13.1. The van der Waals surface area contributed by atoms with Gasteiger partial charge in [0.1, 0.15) is 16.9 Å². The fraction of sp³-hybridized carbons (Fsp3) is 0.333. The molecule has 192 valence electrons. The van der Waals surface area contributed by atoms with E-state index in [1.165, 1.54) is 11.3 Å². The molecule has 1 fully saturated rings. The lowest BCUT2D eigenvalue weighted by molar-refractivity contribution is 0.0323. The van der Waals surface area contributed by atoms with Gasteiger partial charge in [0.05, 0.1) is 23.4 Å². The highest BCUT2D eigenvalue weighted by atomic mass is 32.1. The Morgan fingerprint density at radius 3 is 2.78 bits per heavy atom. The molecule has 37 heavy (non-hydrogen) atoms. The number of aromatic nitrogens is 1. The number of hydrogen-bond acceptors (Lipinski definition) is 8. The first-order chi connectivity index (χ1) is 18.1. The zero-order valence-corrected chi connectivity index (χ0v) is 21.3. The summed E-state index contributed by atoms with van der Waals surface area (Å²) in [6.07, 6.45) is 0. The molecule has 2 aliphatic heterocycles. The number of nitrogens with one attached hydrogen (secondary N) is 1. The average molecular weight is 522 g/mol. The van der Waals surface area contributed by atoms with E-state index in [1.54, 1.807) is 11.6 Å². The van der Waals surface area contributed by atoms with E-state index in [-0.39, 0.29) is 18.3 Å². The second-order valence-electron chi connectivity index (χ2n) is 9.02. The summed E-state index contributed by atoms with van der Waals surface area (Å²) in [7, 11) is 1.75. The average Bonchev–Trinajstić information content (AvgIpc) is 3.56. The van der Waals surface area contributed by atoms with Crippen LogP contribution in [-0.2, 0) is 18.3 Å². The van der Waals surface area contributed by atoms with Crippen molar-refractivity contribution in [1.29, 1.82) is 0 Å². The molecular formula is C27H27N3O6S. The molecule has 1 saturated heterocycles. The van der Waals surface area contributed by atoms with E-state index >= 15 is 0 Å². The molecule has 0 bridgehead atoms. The highest BCUT2D eigenvalue weighted by Gasteiger charge is 2.25. The van der Waals surface area contributed by atoms with E-state index < -0.39 is 0 Å². The number of carbonyl (C=O) groups is 1. The van der Waals surface area contributed by atoms with Gasteiger partial charge >= 0.3 is 0 Å². The molecular weight excluding hydrogens is 494 g/mol. The third kappa shape index (κ3) is 4.52. The summed E-state index contributed by atoms with van der Waals surface area (Å²) < 4.78 is 24.8. The molecule has 0 radical (unpaired) electrons.